The molecule has 126 valence electrons. The first kappa shape index (κ1) is 18.9. The third-order valence-corrected chi connectivity index (χ3v) is 3.69. The fourth-order valence-corrected chi connectivity index (χ4v) is 2.55. The maximum atomic E-state index is 9.96. The standard InChI is InChI=1S/C18H32N2O2/c1-14(2)20(15(3)4)10-9-19-12-17(21)13-22-18-8-6-7-16(5)11-18/h6-8,11,14-15,17,19,21H,9-10,12-13H2,1-5H3/t17-/m1/s1. The summed E-state index contributed by atoms with van der Waals surface area (Å²) >= 11 is 0. The zero-order valence-corrected chi connectivity index (χ0v) is 14.7. The van der Waals surface area contributed by atoms with Crippen molar-refractivity contribution in [3.05, 3.63) is 29.8 Å². The number of benzene rings is 1. The molecule has 2 N–H and O–H groups in total. The van der Waals surface area contributed by atoms with E-state index in [0.29, 0.717) is 25.2 Å². The van der Waals surface area contributed by atoms with Crippen molar-refractivity contribution in [2.45, 2.75) is 52.8 Å². The minimum atomic E-state index is -0.493. The molecule has 4 heteroatoms. The normalized spacial score (nSPS) is 13.1. The van der Waals surface area contributed by atoms with Gasteiger partial charge in [0.05, 0.1) is 0 Å². The number of hydrogen-bond acceptors (Lipinski definition) is 4. The SMILES string of the molecule is Cc1cccc(OC[C@H](O)CNCCN(C(C)C)C(C)C)c1. The number of aliphatic hydroxyl groups is 1. The Bertz CT molecular complexity index is 413. The molecule has 1 aromatic rings. The summed E-state index contributed by atoms with van der Waals surface area (Å²) in [6.07, 6.45) is -0.493. The molecule has 0 radical (unpaired) electrons. The number of aryl methyl sites for hydroxylation is 1. The highest BCUT2D eigenvalue weighted by molar-refractivity contribution is 5.27. The number of rotatable bonds is 10. The summed E-state index contributed by atoms with van der Waals surface area (Å²) in [7, 11) is 0. The van der Waals surface area contributed by atoms with Crippen LogP contribution in [0.15, 0.2) is 24.3 Å². The number of hydrogen-bond donors (Lipinski definition) is 2. The molecule has 0 unspecified atom stereocenters. The number of aliphatic hydroxyl groups excluding tert-OH is 1. The zero-order chi connectivity index (χ0) is 16.5. The van der Waals surface area contributed by atoms with Crippen LogP contribution in [-0.2, 0) is 0 Å². The topological polar surface area (TPSA) is 44.7 Å². The van der Waals surface area contributed by atoms with Crippen molar-refractivity contribution in [3.63, 3.8) is 0 Å². The fourth-order valence-electron chi connectivity index (χ4n) is 2.55. The van der Waals surface area contributed by atoms with E-state index in [1.165, 1.54) is 0 Å². The van der Waals surface area contributed by atoms with Gasteiger partial charge in [0, 0.05) is 31.7 Å². The minimum absolute atomic E-state index is 0.314. The number of nitrogens with one attached hydrogen (secondary N) is 1. The molecule has 0 aromatic heterocycles. The van der Waals surface area contributed by atoms with Gasteiger partial charge in [-0.15, -0.1) is 0 Å². The van der Waals surface area contributed by atoms with Gasteiger partial charge in [-0.2, -0.15) is 0 Å². The molecule has 0 fully saturated rings. The molecule has 0 spiro atoms. The molecule has 1 aromatic carbocycles. The largest absolute Gasteiger partial charge is 0.491 e. The van der Waals surface area contributed by atoms with Crippen LogP contribution in [0.3, 0.4) is 0 Å². The van der Waals surface area contributed by atoms with Gasteiger partial charge in [0.2, 0.25) is 0 Å². The average molecular weight is 308 g/mol. The van der Waals surface area contributed by atoms with Gasteiger partial charge in [0.15, 0.2) is 0 Å². The molecule has 22 heavy (non-hydrogen) atoms. The van der Waals surface area contributed by atoms with Crippen molar-refractivity contribution in [2.24, 2.45) is 0 Å². The van der Waals surface area contributed by atoms with Crippen LogP contribution < -0.4 is 10.1 Å². The molecule has 0 aliphatic carbocycles. The van der Waals surface area contributed by atoms with Crippen LogP contribution in [0.25, 0.3) is 0 Å². The van der Waals surface area contributed by atoms with Crippen molar-refractivity contribution in [2.75, 3.05) is 26.2 Å². The Balaban J connectivity index is 2.19. The molecule has 0 aliphatic heterocycles. The first-order valence-corrected chi connectivity index (χ1v) is 8.24. The lowest BCUT2D eigenvalue weighted by Crippen LogP contribution is -2.43. The Morgan fingerprint density at radius 3 is 2.45 bits per heavy atom. The quantitative estimate of drug-likeness (QED) is 0.652. The maximum Gasteiger partial charge on any atom is 0.119 e. The molecule has 1 atom stereocenters. The van der Waals surface area contributed by atoms with E-state index in [4.69, 9.17) is 4.74 Å². The van der Waals surface area contributed by atoms with E-state index in [0.717, 1.165) is 24.4 Å². The molecular weight excluding hydrogens is 276 g/mol. The third-order valence-electron chi connectivity index (χ3n) is 3.69. The minimum Gasteiger partial charge on any atom is -0.491 e. The highest BCUT2D eigenvalue weighted by Crippen LogP contribution is 2.12. The van der Waals surface area contributed by atoms with Gasteiger partial charge >= 0.3 is 0 Å². The predicted octanol–water partition coefficient (Wildman–Crippen LogP) is 2.44. The lowest BCUT2D eigenvalue weighted by Gasteiger charge is -2.30. The Morgan fingerprint density at radius 1 is 1.18 bits per heavy atom. The second-order valence-electron chi connectivity index (χ2n) is 6.41. The van der Waals surface area contributed by atoms with Gasteiger partial charge in [-0.25, -0.2) is 0 Å². The second-order valence-corrected chi connectivity index (χ2v) is 6.41. The van der Waals surface area contributed by atoms with Crippen molar-refractivity contribution >= 4 is 0 Å². The van der Waals surface area contributed by atoms with Gasteiger partial charge in [-0.1, -0.05) is 12.1 Å². The maximum absolute atomic E-state index is 9.96. The molecular formula is C18H32N2O2. The second kappa shape index (κ2) is 9.82. The van der Waals surface area contributed by atoms with E-state index >= 15 is 0 Å². The van der Waals surface area contributed by atoms with Gasteiger partial charge in [-0.3, -0.25) is 4.90 Å². The molecule has 4 nitrogen and oxygen atoms in total. The van der Waals surface area contributed by atoms with Gasteiger partial charge in [0.1, 0.15) is 18.5 Å². The van der Waals surface area contributed by atoms with Crippen LogP contribution >= 0.6 is 0 Å². The number of ether oxygens (including phenoxy) is 1. The van der Waals surface area contributed by atoms with Crippen molar-refractivity contribution < 1.29 is 9.84 Å². The average Bonchev–Trinajstić information content (AvgIpc) is 2.44. The molecule has 0 saturated carbocycles. The lowest BCUT2D eigenvalue weighted by molar-refractivity contribution is 0.104. The molecule has 0 bridgehead atoms. The Hall–Kier alpha value is -1.10. The van der Waals surface area contributed by atoms with Crippen LogP contribution in [0.5, 0.6) is 5.75 Å². The predicted molar refractivity (Wildman–Crippen MR) is 92.5 cm³/mol. The lowest BCUT2D eigenvalue weighted by atomic mass is 10.2. The third kappa shape index (κ3) is 7.25. The Kier molecular flexibility index (Phi) is 8.46. The van der Waals surface area contributed by atoms with E-state index in [1.807, 2.05) is 31.2 Å². The van der Waals surface area contributed by atoms with E-state index in [-0.39, 0.29) is 0 Å². The zero-order valence-electron chi connectivity index (χ0n) is 14.7. The van der Waals surface area contributed by atoms with Crippen LogP contribution in [0.2, 0.25) is 0 Å². The van der Waals surface area contributed by atoms with Crippen molar-refractivity contribution in [3.8, 4) is 5.75 Å². The first-order chi connectivity index (χ1) is 10.4. The summed E-state index contributed by atoms with van der Waals surface area (Å²) in [5.74, 6) is 0.810. The summed E-state index contributed by atoms with van der Waals surface area (Å²) in [6.45, 7) is 13.6. The monoisotopic (exact) mass is 308 g/mol. The molecule has 0 aliphatic rings. The van der Waals surface area contributed by atoms with Crippen molar-refractivity contribution in [1.82, 2.24) is 10.2 Å². The summed E-state index contributed by atoms with van der Waals surface area (Å²) < 4.78 is 5.60. The van der Waals surface area contributed by atoms with Gasteiger partial charge < -0.3 is 15.2 Å². The number of nitrogens with zero attached hydrogens (tertiary/aromatic N) is 1. The van der Waals surface area contributed by atoms with Gasteiger partial charge in [-0.05, 0) is 52.3 Å². The van der Waals surface area contributed by atoms with Gasteiger partial charge in [0.25, 0.3) is 0 Å². The summed E-state index contributed by atoms with van der Waals surface area (Å²) in [5, 5.41) is 13.3. The van der Waals surface area contributed by atoms with E-state index < -0.39 is 6.10 Å². The fraction of sp³-hybridized carbons (Fsp3) is 0.667. The van der Waals surface area contributed by atoms with Crippen LogP contribution in [0, 0.1) is 6.92 Å². The molecule has 0 heterocycles. The molecule has 1 rings (SSSR count). The van der Waals surface area contributed by atoms with E-state index in [2.05, 4.69) is 37.9 Å². The first-order valence-electron chi connectivity index (χ1n) is 8.24. The summed E-state index contributed by atoms with van der Waals surface area (Å²) in [5.41, 5.74) is 1.16. The van der Waals surface area contributed by atoms with Crippen LogP contribution in [0.4, 0.5) is 0 Å². The summed E-state index contributed by atoms with van der Waals surface area (Å²) in [4.78, 5) is 2.43. The highest BCUT2D eigenvalue weighted by Gasteiger charge is 2.12. The summed E-state index contributed by atoms with van der Waals surface area (Å²) in [6, 6.07) is 8.95. The smallest absolute Gasteiger partial charge is 0.119 e. The van der Waals surface area contributed by atoms with Crippen molar-refractivity contribution in [1.29, 1.82) is 0 Å². The Labute approximate surface area is 135 Å². The van der Waals surface area contributed by atoms with E-state index in [9.17, 15) is 5.11 Å². The molecule has 0 saturated heterocycles. The Morgan fingerprint density at radius 2 is 1.86 bits per heavy atom. The molecule has 0 amide bonds. The van der Waals surface area contributed by atoms with E-state index in [1.54, 1.807) is 0 Å². The highest BCUT2D eigenvalue weighted by atomic mass is 16.5. The van der Waals surface area contributed by atoms with Crippen LogP contribution in [-0.4, -0.2) is 54.4 Å². The van der Waals surface area contributed by atoms with Crippen LogP contribution in [0.1, 0.15) is 33.3 Å².